The van der Waals surface area contributed by atoms with Crippen molar-refractivity contribution >= 4 is 5.69 Å². The first-order valence-electron chi connectivity index (χ1n) is 5.67. The highest BCUT2D eigenvalue weighted by Crippen LogP contribution is 2.29. The number of benzene rings is 2. The van der Waals surface area contributed by atoms with E-state index in [1.807, 2.05) is 57.2 Å². The molecule has 0 saturated carbocycles. The van der Waals surface area contributed by atoms with E-state index in [4.69, 9.17) is 10.5 Å². The number of hydrogen-bond donors (Lipinski definition) is 1. The van der Waals surface area contributed by atoms with E-state index >= 15 is 0 Å². The van der Waals surface area contributed by atoms with Gasteiger partial charge in [0.25, 0.3) is 0 Å². The fraction of sp³-hybridized carbons (Fsp3) is 0.200. The van der Waals surface area contributed by atoms with Crippen molar-refractivity contribution in [2.45, 2.75) is 20.8 Å². The van der Waals surface area contributed by atoms with Crippen LogP contribution in [0.3, 0.4) is 0 Å². The Kier molecular flexibility index (Phi) is 3.05. The molecule has 0 atom stereocenters. The smallest absolute Gasteiger partial charge is 0.130 e. The summed E-state index contributed by atoms with van der Waals surface area (Å²) in [6.45, 7) is 6.03. The Bertz CT molecular complexity index is 547. The second-order valence-corrected chi connectivity index (χ2v) is 4.39. The van der Waals surface area contributed by atoms with Gasteiger partial charge in [-0.05, 0) is 61.7 Å². The summed E-state index contributed by atoms with van der Waals surface area (Å²) in [4.78, 5) is 0. The normalized spacial score (nSPS) is 10.3. The van der Waals surface area contributed by atoms with Crippen molar-refractivity contribution in [3.8, 4) is 11.5 Å². The fourth-order valence-electron chi connectivity index (χ4n) is 1.73. The maximum Gasteiger partial charge on any atom is 0.130 e. The van der Waals surface area contributed by atoms with Gasteiger partial charge in [0, 0.05) is 5.69 Å². The van der Waals surface area contributed by atoms with Crippen molar-refractivity contribution in [3.05, 3.63) is 53.1 Å². The molecule has 2 aromatic carbocycles. The van der Waals surface area contributed by atoms with Gasteiger partial charge in [0.15, 0.2) is 0 Å². The number of rotatable bonds is 2. The van der Waals surface area contributed by atoms with Crippen LogP contribution in [0.15, 0.2) is 36.4 Å². The van der Waals surface area contributed by atoms with Gasteiger partial charge in [-0.1, -0.05) is 12.1 Å². The molecular weight excluding hydrogens is 210 g/mol. The highest BCUT2D eigenvalue weighted by atomic mass is 16.5. The minimum absolute atomic E-state index is 0.805. The molecule has 0 radical (unpaired) electrons. The van der Waals surface area contributed by atoms with Gasteiger partial charge in [-0.3, -0.25) is 0 Å². The quantitative estimate of drug-likeness (QED) is 0.787. The molecule has 0 saturated heterocycles. The zero-order valence-corrected chi connectivity index (χ0v) is 10.4. The lowest BCUT2D eigenvalue weighted by Crippen LogP contribution is -1.94. The number of nitrogen functional groups attached to an aromatic ring is 1. The number of anilines is 1. The molecule has 0 aromatic heterocycles. The molecule has 0 spiro atoms. The largest absolute Gasteiger partial charge is 0.457 e. The van der Waals surface area contributed by atoms with Crippen LogP contribution in [-0.4, -0.2) is 0 Å². The molecule has 0 aliphatic rings. The van der Waals surface area contributed by atoms with Gasteiger partial charge in [-0.25, -0.2) is 0 Å². The molecular formula is C15H17NO. The third-order valence-electron chi connectivity index (χ3n) is 2.78. The summed E-state index contributed by atoms with van der Waals surface area (Å²) >= 11 is 0. The molecule has 0 aliphatic heterocycles. The molecule has 2 rings (SSSR count). The second-order valence-electron chi connectivity index (χ2n) is 4.39. The topological polar surface area (TPSA) is 35.2 Å². The third-order valence-corrected chi connectivity index (χ3v) is 2.78. The Morgan fingerprint density at radius 1 is 0.941 bits per heavy atom. The molecule has 0 amide bonds. The van der Waals surface area contributed by atoms with Crippen LogP contribution in [0, 0.1) is 20.8 Å². The molecule has 2 heteroatoms. The Balaban J connectivity index is 2.33. The van der Waals surface area contributed by atoms with E-state index in [1.165, 1.54) is 5.56 Å². The van der Waals surface area contributed by atoms with Crippen LogP contribution in [0.25, 0.3) is 0 Å². The van der Waals surface area contributed by atoms with E-state index < -0.39 is 0 Å². The summed E-state index contributed by atoms with van der Waals surface area (Å²) in [5.74, 6) is 1.72. The van der Waals surface area contributed by atoms with Gasteiger partial charge in [0.2, 0.25) is 0 Å². The molecule has 0 heterocycles. The Morgan fingerprint density at radius 3 is 2.41 bits per heavy atom. The predicted molar refractivity (Wildman–Crippen MR) is 71.6 cm³/mol. The molecule has 2 N–H and O–H groups in total. The minimum atomic E-state index is 0.805. The second kappa shape index (κ2) is 4.50. The molecule has 0 unspecified atom stereocenters. The molecule has 17 heavy (non-hydrogen) atoms. The van der Waals surface area contributed by atoms with Gasteiger partial charge >= 0.3 is 0 Å². The molecule has 88 valence electrons. The summed E-state index contributed by atoms with van der Waals surface area (Å²) in [6.07, 6.45) is 0. The van der Waals surface area contributed by atoms with Crippen LogP contribution in [0.1, 0.15) is 16.7 Å². The van der Waals surface area contributed by atoms with Crippen LogP contribution in [0.5, 0.6) is 11.5 Å². The first-order chi connectivity index (χ1) is 8.06. The molecule has 0 aliphatic carbocycles. The highest BCUT2D eigenvalue weighted by Gasteiger charge is 2.04. The van der Waals surface area contributed by atoms with Crippen LogP contribution >= 0.6 is 0 Å². The molecule has 0 fully saturated rings. The standard InChI is InChI=1S/C15H17NO/c1-10-5-4-6-13(7-10)17-15-9-11(2)14(16)8-12(15)3/h4-9H,16H2,1-3H3. The van der Waals surface area contributed by atoms with Crippen LogP contribution in [-0.2, 0) is 0 Å². The lowest BCUT2D eigenvalue weighted by Gasteiger charge is -2.11. The van der Waals surface area contributed by atoms with Crippen molar-refractivity contribution in [2.24, 2.45) is 0 Å². The van der Waals surface area contributed by atoms with Crippen LogP contribution in [0.2, 0.25) is 0 Å². The molecule has 0 bridgehead atoms. The predicted octanol–water partition coefficient (Wildman–Crippen LogP) is 3.99. The summed E-state index contributed by atoms with van der Waals surface area (Å²) in [7, 11) is 0. The first-order valence-corrected chi connectivity index (χ1v) is 5.67. The van der Waals surface area contributed by atoms with Crippen molar-refractivity contribution in [1.82, 2.24) is 0 Å². The molecule has 2 nitrogen and oxygen atoms in total. The zero-order valence-electron chi connectivity index (χ0n) is 10.4. The van der Waals surface area contributed by atoms with Gasteiger partial charge in [0.05, 0.1) is 0 Å². The van der Waals surface area contributed by atoms with Crippen molar-refractivity contribution in [2.75, 3.05) is 5.73 Å². The van der Waals surface area contributed by atoms with E-state index in [1.54, 1.807) is 0 Å². The number of ether oxygens (including phenoxy) is 1. The van der Waals surface area contributed by atoms with Gasteiger partial charge < -0.3 is 10.5 Å². The van der Waals surface area contributed by atoms with Crippen LogP contribution in [0.4, 0.5) is 5.69 Å². The SMILES string of the molecule is Cc1cccc(Oc2cc(C)c(N)cc2C)c1. The average Bonchev–Trinajstić information content (AvgIpc) is 2.26. The van der Waals surface area contributed by atoms with E-state index in [0.717, 1.165) is 28.3 Å². The monoisotopic (exact) mass is 227 g/mol. The van der Waals surface area contributed by atoms with E-state index in [0.29, 0.717) is 0 Å². The summed E-state index contributed by atoms with van der Waals surface area (Å²) in [6, 6.07) is 11.9. The lowest BCUT2D eigenvalue weighted by atomic mass is 10.1. The Hall–Kier alpha value is -1.96. The van der Waals surface area contributed by atoms with E-state index in [2.05, 4.69) is 0 Å². The van der Waals surface area contributed by atoms with Gasteiger partial charge in [-0.15, -0.1) is 0 Å². The maximum atomic E-state index is 5.87. The Labute approximate surface area is 102 Å². The van der Waals surface area contributed by atoms with Crippen molar-refractivity contribution in [3.63, 3.8) is 0 Å². The summed E-state index contributed by atoms with van der Waals surface area (Å²) in [5.41, 5.74) is 9.93. The van der Waals surface area contributed by atoms with Gasteiger partial charge in [0.1, 0.15) is 11.5 Å². The maximum absolute atomic E-state index is 5.87. The first kappa shape index (κ1) is 11.5. The average molecular weight is 227 g/mol. The zero-order chi connectivity index (χ0) is 12.4. The lowest BCUT2D eigenvalue weighted by molar-refractivity contribution is 0.478. The Morgan fingerprint density at radius 2 is 1.71 bits per heavy atom. The fourth-order valence-corrected chi connectivity index (χ4v) is 1.73. The highest BCUT2D eigenvalue weighted by molar-refractivity contribution is 5.54. The van der Waals surface area contributed by atoms with Gasteiger partial charge in [-0.2, -0.15) is 0 Å². The minimum Gasteiger partial charge on any atom is -0.457 e. The van der Waals surface area contributed by atoms with E-state index in [-0.39, 0.29) is 0 Å². The number of hydrogen-bond acceptors (Lipinski definition) is 2. The van der Waals surface area contributed by atoms with Crippen molar-refractivity contribution in [1.29, 1.82) is 0 Å². The molecule has 2 aromatic rings. The summed E-state index contributed by atoms with van der Waals surface area (Å²) in [5, 5.41) is 0. The van der Waals surface area contributed by atoms with Crippen LogP contribution < -0.4 is 10.5 Å². The summed E-state index contributed by atoms with van der Waals surface area (Å²) < 4.78 is 5.87. The number of nitrogens with two attached hydrogens (primary N) is 1. The van der Waals surface area contributed by atoms with E-state index in [9.17, 15) is 0 Å². The van der Waals surface area contributed by atoms with Crippen molar-refractivity contribution < 1.29 is 4.74 Å². The third kappa shape index (κ3) is 2.59. The number of aryl methyl sites for hydroxylation is 3.